The summed E-state index contributed by atoms with van der Waals surface area (Å²) in [5.41, 5.74) is -0.410. The van der Waals surface area contributed by atoms with Crippen LogP contribution in [-0.2, 0) is 6.61 Å². The molecular weight excluding hydrogens is 281 g/mol. The Kier molecular flexibility index (Phi) is 4.13. The van der Waals surface area contributed by atoms with Gasteiger partial charge in [-0.3, -0.25) is 10.1 Å². The average Bonchev–Trinajstić information content (AvgIpc) is 2.46. The second-order valence-corrected chi connectivity index (χ2v) is 4.16. The van der Waals surface area contributed by atoms with Crippen LogP contribution in [0, 0.1) is 15.9 Å². The van der Waals surface area contributed by atoms with Crippen LogP contribution in [0.25, 0.3) is 0 Å². The van der Waals surface area contributed by atoms with Gasteiger partial charge in [0, 0.05) is 11.6 Å². The van der Waals surface area contributed by atoms with E-state index in [1.54, 1.807) is 6.07 Å². The van der Waals surface area contributed by atoms with Crippen LogP contribution < -0.4 is 4.74 Å². The zero-order valence-electron chi connectivity index (χ0n) is 10.7. The van der Waals surface area contributed by atoms with Crippen LogP contribution in [0.5, 0.6) is 5.75 Å². The van der Waals surface area contributed by atoms with E-state index < -0.39 is 22.4 Å². The second kappa shape index (κ2) is 6.00. The lowest BCUT2D eigenvalue weighted by molar-refractivity contribution is -0.385. The molecule has 0 radical (unpaired) electrons. The van der Waals surface area contributed by atoms with Crippen molar-refractivity contribution in [2.24, 2.45) is 0 Å². The van der Waals surface area contributed by atoms with Gasteiger partial charge in [0.05, 0.1) is 16.6 Å². The summed E-state index contributed by atoms with van der Waals surface area (Å²) in [6, 6.07) is 9.08. The number of benzene rings is 2. The first kappa shape index (κ1) is 14.4. The molecule has 2 aromatic rings. The van der Waals surface area contributed by atoms with Gasteiger partial charge in [0.25, 0.3) is 5.69 Å². The molecule has 0 bridgehead atoms. The maximum atomic E-state index is 13.4. The normalized spacial score (nSPS) is 10.1. The number of ether oxygens (including phenoxy) is 1. The Labute approximate surface area is 118 Å². The second-order valence-electron chi connectivity index (χ2n) is 4.16. The number of carbonyl (C=O) groups is 1. The summed E-state index contributed by atoms with van der Waals surface area (Å²) in [4.78, 5) is 21.0. The largest absolute Gasteiger partial charge is 0.489 e. The summed E-state index contributed by atoms with van der Waals surface area (Å²) in [7, 11) is 0. The van der Waals surface area contributed by atoms with Crippen LogP contribution in [0.4, 0.5) is 10.1 Å². The predicted molar refractivity (Wildman–Crippen MR) is 70.8 cm³/mol. The molecule has 1 N–H and O–H groups in total. The summed E-state index contributed by atoms with van der Waals surface area (Å²) >= 11 is 0. The number of nitro benzene ring substituents is 1. The van der Waals surface area contributed by atoms with E-state index in [0.717, 1.165) is 18.2 Å². The van der Waals surface area contributed by atoms with Crippen molar-refractivity contribution in [2.45, 2.75) is 6.61 Å². The molecule has 2 rings (SSSR count). The molecule has 0 aliphatic rings. The molecule has 21 heavy (non-hydrogen) atoms. The first-order valence-electron chi connectivity index (χ1n) is 5.86. The lowest BCUT2D eigenvalue weighted by Crippen LogP contribution is -2.02. The van der Waals surface area contributed by atoms with E-state index in [4.69, 9.17) is 9.84 Å². The third-order valence-corrected chi connectivity index (χ3v) is 2.70. The van der Waals surface area contributed by atoms with Crippen LogP contribution in [0.3, 0.4) is 0 Å². The minimum Gasteiger partial charge on any atom is -0.489 e. The Morgan fingerprint density at radius 2 is 2.00 bits per heavy atom. The van der Waals surface area contributed by atoms with Crippen molar-refractivity contribution in [3.05, 3.63) is 69.5 Å². The van der Waals surface area contributed by atoms with E-state index in [1.165, 1.54) is 18.2 Å². The van der Waals surface area contributed by atoms with E-state index in [-0.39, 0.29) is 23.5 Å². The van der Waals surface area contributed by atoms with Crippen molar-refractivity contribution in [1.29, 1.82) is 0 Å². The molecule has 0 aromatic heterocycles. The van der Waals surface area contributed by atoms with Crippen molar-refractivity contribution >= 4 is 11.7 Å². The quantitative estimate of drug-likeness (QED) is 0.675. The highest BCUT2D eigenvalue weighted by molar-refractivity contribution is 5.89. The van der Waals surface area contributed by atoms with Crippen molar-refractivity contribution in [3.8, 4) is 5.75 Å². The highest BCUT2D eigenvalue weighted by Gasteiger charge is 2.15. The molecule has 0 amide bonds. The van der Waals surface area contributed by atoms with Crippen molar-refractivity contribution < 1.29 is 24.0 Å². The Balaban J connectivity index is 2.25. The van der Waals surface area contributed by atoms with Gasteiger partial charge in [-0.25, -0.2) is 9.18 Å². The average molecular weight is 291 g/mol. The van der Waals surface area contributed by atoms with Crippen LogP contribution in [0.2, 0.25) is 0 Å². The van der Waals surface area contributed by atoms with Crippen LogP contribution in [0.15, 0.2) is 42.5 Å². The molecule has 0 aliphatic carbocycles. The first-order chi connectivity index (χ1) is 9.97. The third kappa shape index (κ3) is 3.53. The molecule has 0 unspecified atom stereocenters. The van der Waals surface area contributed by atoms with E-state index >= 15 is 0 Å². The molecular formula is C14H10FNO5. The van der Waals surface area contributed by atoms with Crippen molar-refractivity contribution in [2.75, 3.05) is 0 Å². The molecule has 0 aliphatic heterocycles. The molecule has 0 saturated heterocycles. The van der Waals surface area contributed by atoms with Gasteiger partial charge < -0.3 is 9.84 Å². The van der Waals surface area contributed by atoms with Gasteiger partial charge in [0.15, 0.2) is 0 Å². The van der Waals surface area contributed by atoms with Gasteiger partial charge in [-0.15, -0.1) is 0 Å². The number of rotatable bonds is 5. The summed E-state index contributed by atoms with van der Waals surface area (Å²) in [5.74, 6) is -1.79. The Morgan fingerprint density at radius 3 is 2.62 bits per heavy atom. The van der Waals surface area contributed by atoms with Gasteiger partial charge in [-0.2, -0.15) is 0 Å². The Bertz CT molecular complexity index is 669. The van der Waals surface area contributed by atoms with E-state index in [1.807, 2.05) is 0 Å². The maximum absolute atomic E-state index is 13.4. The number of carboxylic acid groups (broad SMARTS) is 1. The fourth-order valence-electron chi connectivity index (χ4n) is 1.67. The topological polar surface area (TPSA) is 89.7 Å². The molecule has 0 atom stereocenters. The summed E-state index contributed by atoms with van der Waals surface area (Å²) in [6.07, 6.45) is 0. The predicted octanol–water partition coefficient (Wildman–Crippen LogP) is 3.01. The third-order valence-electron chi connectivity index (χ3n) is 2.70. The minimum absolute atomic E-state index is 0.00940. The van der Waals surface area contributed by atoms with Crippen LogP contribution in [0.1, 0.15) is 15.9 Å². The van der Waals surface area contributed by atoms with E-state index in [0.29, 0.717) is 0 Å². The highest BCUT2D eigenvalue weighted by atomic mass is 19.1. The summed E-state index contributed by atoms with van der Waals surface area (Å²) in [6.45, 7) is -0.160. The summed E-state index contributed by atoms with van der Waals surface area (Å²) in [5, 5.41) is 19.7. The number of nitrogens with zero attached hydrogens (tertiary/aromatic N) is 1. The molecule has 2 aromatic carbocycles. The standard InChI is InChI=1S/C14H10FNO5/c15-13-4-2-1-3-9(13)8-21-12-6-10(14(17)18)5-11(7-12)16(19)20/h1-7H,8H2,(H,17,18). The first-order valence-corrected chi connectivity index (χ1v) is 5.86. The lowest BCUT2D eigenvalue weighted by Gasteiger charge is -2.08. The fourth-order valence-corrected chi connectivity index (χ4v) is 1.67. The SMILES string of the molecule is O=C(O)c1cc(OCc2ccccc2F)cc([N+](=O)[O-])c1. The number of halogens is 1. The van der Waals surface area contributed by atoms with Gasteiger partial charge in [-0.1, -0.05) is 18.2 Å². The van der Waals surface area contributed by atoms with E-state index in [2.05, 4.69) is 0 Å². The van der Waals surface area contributed by atoms with Crippen LogP contribution >= 0.6 is 0 Å². The number of non-ortho nitro benzene ring substituents is 1. The van der Waals surface area contributed by atoms with Crippen molar-refractivity contribution in [1.82, 2.24) is 0 Å². The smallest absolute Gasteiger partial charge is 0.336 e. The molecule has 0 saturated carbocycles. The number of carboxylic acids is 1. The maximum Gasteiger partial charge on any atom is 0.336 e. The zero-order valence-corrected chi connectivity index (χ0v) is 10.7. The Morgan fingerprint density at radius 1 is 1.29 bits per heavy atom. The van der Waals surface area contributed by atoms with Gasteiger partial charge in [0.2, 0.25) is 0 Å². The Hall–Kier alpha value is -2.96. The zero-order chi connectivity index (χ0) is 15.4. The van der Waals surface area contributed by atoms with Crippen LogP contribution in [-0.4, -0.2) is 16.0 Å². The molecule has 7 heteroatoms. The van der Waals surface area contributed by atoms with Gasteiger partial charge >= 0.3 is 5.97 Å². The monoisotopic (exact) mass is 291 g/mol. The summed E-state index contributed by atoms with van der Waals surface area (Å²) < 4.78 is 18.7. The molecule has 0 heterocycles. The van der Waals surface area contributed by atoms with Gasteiger partial charge in [-0.05, 0) is 12.1 Å². The number of aromatic carboxylic acids is 1. The molecule has 108 valence electrons. The number of hydrogen-bond donors (Lipinski definition) is 1. The van der Waals surface area contributed by atoms with Crippen molar-refractivity contribution in [3.63, 3.8) is 0 Å². The van der Waals surface area contributed by atoms with E-state index in [9.17, 15) is 19.3 Å². The number of nitro groups is 1. The fraction of sp³-hybridized carbons (Fsp3) is 0.0714. The molecule has 0 fully saturated rings. The molecule has 0 spiro atoms. The molecule has 6 nitrogen and oxygen atoms in total. The highest BCUT2D eigenvalue weighted by Crippen LogP contribution is 2.24. The lowest BCUT2D eigenvalue weighted by atomic mass is 10.2. The van der Waals surface area contributed by atoms with Gasteiger partial charge in [0.1, 0.15) is 18.2 Å². The number of hydrogen-bond acceptors (Lipinski definition) is 4. The minimum atomic E-state index is -1.31.